The molecule has 18 heavy (non-hydrogen) atoms. The van der Waals surface area contributed by atoms with Crippen LogP contribution in [0.1, 0.15) is 5.56 Å². The van der Waals surface area contributed by atoms with E-state index in [0.717, 1.165) is 16.6 Å². The third-order valence-corrected chi connectivity index (χ3v) is 3.10. The van der Waals surface area contributed by atoms with Crippen molar-refractivity contribution in [1.29, 1.82) is 0 Å². The van der Waals surface area contributed by atoms with E-state index < -0.39 is 0 Å². The number of anilines is 1. The summed E-state index contributed by atoms with van der Waals surface area (Å²) in [5.74, 6) is 0.493. The normalized spacial score (nSPS) is 11.0. The molecule has 0 aliphatic heterocycles. The second-order valence-corrected chi connectivity index (χ2v) is 4.61. The minimum absolute atomic E-state index is 0.493. The number of nitrogen functional groups attached to an aromatic ring is 1. The van der Waals surface area contributed by atoms with Crippen LogP contribution in [-0.4, -0.2) is 4.98 Å². The summed E-state index contributed by atoms with van der Waals surface area (Å²) in [6.45, 7) is 1.97. The monoisotopic (exact) mass is 258 g/mol. The molecule has 3 nitrogen and oxygen atoms in total. The Morgan fingerprint density at radius 1 is 1.22 bits per heavy atom. The van der Waals surface area contributed by atoms with Crippen LogP contribution in [0, 0.1) is 6.92 Å². The number of rotatable bonds is 1. The second-order valence-electron chi connectivity index (χ2n) is 4.20. The van der Waals surface area contributed by atoms with Crippen LogP contribution in [0.3, 0.4) is 0 Å². The standard InChI is InChI=1S/C14H11ClN2O/c1-8-6-11(16)13-12(7-8)17-14(18-13)9-4-2-3-5-10(9)15/h2-7H,16H2,1H3. The molecule has 0 aliphatic carbocycles. The molecule has 1 aromatic heterocycles. The van der Waals surface area contributed by atoms with E-state index in [4.69, 9.17) is 21.8 Å². The minimum Gasteiger partial charge on any atom is -0.434 e. The number of nitrogens with two attached hydrogens (primary N) is 1. The first kappa shape index (κ1) is 11.1. The average Bonchev–Trinajstić information content (AvgIpc) is 2.73. The third-order valence-electron chi connectivity index (χ3n) is 2.77. The molecule has 0 atom stereocenters. The van der Waals surface area contributed by atoms with E-state index in [9.17, 15) is 0 Å². The highest BCUT2D eigenvalue weighted by Crippen LogP contribution is 2.32. The van der Waals surface area contributed by atoms with Gasteiger partial charge in [0.25, 0.3) is 0 Å². The van der Waals surface area contributed by atoms with E-state index >= 15 is 0 Å². The van der Waals surface area contributed by atoms with Gasteiger partial charge in [0.05, 0.1) is 16.3 Å². The van der Waals surface area contributed by atoms with Gasteiger partial charge in [-0.05, 0) is 36.8 Å². The van der Waals surface area contributed by atoms with Gasteiger partial charge >= 0.3 is 0 Å². The smallest absolute Gasteiger partial charge is 0.228 e. The number of halogens is 1. The number of aromatic nitrogens is 1. The Bertz CT molecular complexity index is 734. The summed E-state index contributed by atoms with van der Waals surface area (Å²) in [4.78, 5) is 4.43. The molecule has 2 aromatic carbocycles. The number of fused-ring (bicyclic) bond motifs is 1. The fraction of sp³-hybridized carbons (Fsp3) is 0.0714. The zero-order valence-corrected chi connectivity index (χ0v) is 10.5. The number of benzene rings is 2. The molecule has 0 radical (unpaired) electrons. The summed E-state index contributed by atoms with van der Waals surface area (Å²) < 4.78 is 5.70. The maximum absolute atomic E-state index is 6.13. The summed E-state index contributed by atoms with van der Waals surface area (Å²) in [5.41, 5.74) is 9.70. The van der Waals surface area contributed by atoms with Crippen molar-refractivity contribution in [1.82, 2.24) is 4.98 Å². The van der Waals surface area contributed by atoms with Crippen molar-refractivity contribution < 1.29 is 4.42 Å². The van der Waals surface area contributed by atoms with Crippen molar-refractivity contribution in [2.75, 3.05) is 5.73 Å². The molecule has 0 amide bonds. The first-order valence-corrected chi connectivity index (χ1v) is 5.94. The van der Waals surface area contributed by atoms with Gasteiger partial charge in [-0.15, -0.1) is 0 Å². The molecule has 3 aromatic rings. The van der Waals surface area contributed by atoms with Gasteiger partial charge in [0, 0.05) is 0 Å². The summed E-state index contributed by atoms with van der Waals surface area (Å²) in [6.07, 6.45) is 0. The lowest BCUT2D eigenvalue weighted by Gasteiger charge is -1.97. The van der Waals surface area contributed by atoms with Gasteiger partial charge in [0.15, 0.2) is 5.58 Å². The number of oxazole rings is 1. The zero-order valence-electron chi connectivity index (χ0n) is 9.77. The predicted octanol–water partition coefficient (Wildman–Crippen LogP) is 4.04. The molecule has 0 spiro atoms. The van der Waals surface area contributed by atoms with Gasteiger partial charge in [-0.25, -0.2) is 4.98 Å². The third kappa shape index (κ3) is 1.73. The Labute approximate surface area is 109 Å². The van der Waals surface area contributed by atoms with Crippen LogP contribution in [0.15, 0.2) is 40.8 Å². The van der Waals surface area contributed by atoms with E-state index in [1.54, 1.807) is 6.07 Å². The lowest BCUT2D eigenvalue weighted by atomic mass is 10.2. The van der Waals surface area contributed by atoms with Crippen LogP contribution in [-0.2, 0) is 0 Å². The van der Waals surface area contributed by atoms with Gasteiger partial charge in [-0.2, -0.15) is 0 Å². The number of aryl methyl sites for hydroxylation is 1. The molecule has 90 valence electrons. The van der Waals surface area contributed by atoms with Gasteiger partial charge in [0.1, 0.15) is 5.52 Å². The van der Waals surface area contributed by atoms with E-state index in [1.807, 2.05) is 37.3 Å². The number of hydrogen-bond acceptors (Lipinski definition) is 3. The highest BCUT2D eigenvalue weighted by molar-refractivity contribution is 6.33. The van der Waals surface area contributed by atoms with Crippen molar-refractivity contribution in [2.45, 2.75) is 6.92 Å². The molecule has 0 saturated carbocycles. The molecule has 0 fully saturated rings. The van der Waals surface area contributed by atoms with E-state index in [2.05, 4.69) is 4.98 Å². The predicted molar refractivity (Wildman–Crippen MR) is 73.6 cm³/mol. The molecular formula is C14H11ClN2O. The molecule has 2 N–H and O–H groups in total. The SMILES string of the molecule is Cc1cc(N)c2oc(-c3ccccc3Cl)nc2c1. The quantitative estimate of drug-likeness (QED) is 0.670. The van der Waals surface area contributed by atoms with Gasteiger partial charge in [-0.3, -0.25) is 0 Å². The maximum Gasteiger partial charge on any atom is 0.228 e. The molecule has 4 heteroatoms. The van der Waals surface area contributed by atoms with Gasteiger partial charge in [0.2, 0.25) is 5.89 Å². The van der Waals surface area contributed by atoms with E-state index in [0.29, 0.717) is 22.2 Å². The second kappa shape index (κ2) is 4.03. The topological polar surface area (TPSA) is 52.0 Å². The van der Waals surface area contributed by atoms with Crippen molar-refractivity contribution in [2.24, 2.45) is 0 Å². The van der Waals surface area contributed by atoms with Gasteiger partial charge in [-0.1, -0.05) is 23.7 Å². The van der Waals surface area contributed by atoms with Crippen LogP contribution in [0.25, 0.3) is 22.6 Å². The number of nitrogens with zero attached hydrogens (tertiary/aromatic N) is 1. The maximum atomic E-state index is 6.13. The van der Waals surface area contributed by atoms with Crippen molar-refractivity contribution >= 4 is 28.4 Å². The highest BCUT2D eigenvalue weighted by atomic mass is 35.5. The Balaban J connectivity index is 2.26. The summed E-state index contributed by atoms with van der Waals surface area (Å²) in [5, 5.41) is 0.611. The summed E-state index contributed by atoms with van der Waals surface area (Å²) >= 11 is 6.13. The van der Waals surface area contributed by atoms with Crippen molar-refractivity contribution in [3.63, 3.8) is 0 Å². The summed E-state index contributed by atoms with van der Waals surface area (Å²) in [6, 6.07) is 11.2. The number of hydrogen-bond donors (Lipinski definition) is 1. The summed E-state index contributed by atoms with van der Waals surface area (Å²) in [7, 11) is 0. The molecule has 0 bridgehead atoms. The van der Waals surface area contributed by atoms with Crippen LogP contribution < -0.4 is 5.73 Å². The Hall–Kier alpha value is -2.00. The molecular weight excluding hydrogens is 248 g/mol. The lowest BCUT2D eigenvalue weighted by molar-refractivity contribution is 0.621. The molecule has 0 aliphatic rings. The fourth-order valence-electron chi connectivity index (χ4n) is 1.95. The van der Waals surface area contributed by atoms with E-state index in [-0.39, 0.29) is 0 Å². The van der Waals surface area contributed by atoms with Crippen molar-refractivity contribution in [3.8, 4) is 11.5 Å². The van der Waals surface area contributed by atoms with Crippen LogP contribution in [0.5, 0.6) is 0 Å². The zero-order chi connectivity index (χ0) is 12.7. The molecule has 0 saturated heterocycles. The lowest BCUT2D eigenvalue weighted by Crippen LogP contribution is -1.86. The van der Waals surface area contributed by atoms with Crippen molar-refractivity contribution in [3.05, 3.63) is 47.0 Å². The van der Waals surface area contributed by atoms with Crippen LogP contribution >= 0.6 is 11.6 Å². The van der Waals surface area contributed by atoms with E-state index in [1.165, 1.54) is 0 Å². The fourth-order valence-corrected chi connectivity index (χ4v) is 2.17. The largest absolute Gasteiger partial charge is 0.434 e. The first-order valence-electron chi connectivity index (χ1n) is 5.57. The first-order chi connectivity index (χ1) is 8.65. The Morgan fingerprint density at radius 3 is 2.78 bits per heavy atom. The Morgan fingerprint density at radius 2 is 2.00 bits per heavy atom. The molecule has 3 rings (SSSR count). The minimum atomic E-state index is 0.493. The van der Waals surface area contributed by atoms with Crippen LogP contribution in [0.2, 0.25) is 5.02 Å². The molecule has 1 heterocycles. The van der Waals surface area contributed by atoms with Gasteiger partial charge < -0.3 is 10.2 Å². The highest BCUT2D eigenvalue weighted by Gasteiger charge is 2.13. The van der Waals surface area contributed by atoms with Crippen LogP contribution in [0.4, 0.5) is 5.69 Å². The molecule has 0 unspecified atom stereocenters. The average molecular weight is 259 g/mol. The Kier molecular flexibility index (Phi) is 2.49.